The summed E-state index contributed by atoms with van der Waals surface area (Å²) in [4.78, 5) is 6.57. The lowest BCUT2D eigenvalue weighted by atomic mass is 10.1. The molecule has 1 atom stereocenters. The molecule has 3 rings (SSSR count). The van der Waals surface area contributed by atoms with E-state index < -0.39 is 0 Å². The first-order valence-corrected chi connectivity index (χ1v) is 5.63. The number of aromatic nitrogens is 3. The van der Waals surface area contributed by atoms with Gasteiger partial charge in [0.1, 0.15) is 0 Å². The quantitative estimate of drug-likeness (QED) is 0.744. The number of pyridine rings is 1. The molecule has 0 aromatic carbocycles. The van der Waals surface area contributed by atoms with Crippen LogP contribution in [-0.2, 0) is 0 Å². The van der Waals surface area contributed by atoms with Gasteiger partial charge in [0.2, 0.25) is 0 Å². The number of hydrogen-bond donors (Lipinski definition) is 2. The molecule has 1 saturated heterocycles. The molecule has 16 heavy (non-hydrogen) atoms. The molecule has 0 bridgehead atoms. The highest BCUT2D eigenvalue weighted by Crippen LogP contribution is 2.26. The van der Waals surface area contributed by atoms with Crippen LogP contribution < -0.4 is 10.6 Å². The standard InChI is InChI=1S/C11H15N5/c12-8-2-1-5-16(7-8)10-3-4-13-11-9(10)6-14-15-11/h3-4,6,8H,1-2,5,7,12H2,(H,13,14,15)/t8-/m0/s1. The highest BCUT2D eigenvalue weighted by Gasteiger charge is 2.19. The summed E-state index contributed by atoms with van der Waals surface area (Å²) in [6.45, 7) is 1.99. The number of hydrogen-bond acceptors (Lipinski definition) is 4. The molecule has 0 saturated carbocycles. The van der Waals surface area contributed by atoms with Crippen LogP contribution in [0.4, 0.5) is 5.69 Å². The van der Waals surface area contributed by atoms with Crippen molar-refractivity contribution in [3.63, 3.8) is 0 Å². The summed E-state index contributed by atoms with van der Waals surface area (Å²) >= 11 is 0. The lowest BCUT2D eigenvalue weighted by molar-refractivity contribution is 0.507. The predicted molar refractivity (Wildman–Crippen MR) is 63.3 cm³/mol. The molecule has 3 N–H and O–H groups in total. The van der Waals surface area contributed by atoms with Crippen LogP contribution in [0.1, 0.15) is 12.8 Å². The SMILES string of the molecule is N[C@H]1CCCN(c2ccnc3[nH]ncc23)C1. The summed E-state index contributed by atoms with van der Waals surface area (Å²) in [5.74, 6) is 0. The van der Waals surface area contributed by atoms with Crippen LogP contribution in [0.15, 0.2) is 18.5 Å². The van der Waals surface area contributed by atoms with Gasteiger partial charge in [0.25, 0.3) is 0 Å². The molecule has 1 aliphatic rings. The zero-order chi connectivity index (χ0) is 11.0. The van der Waals surface area contributed by atoms with E-state index in [1.54, 1.807) is 0 Å². The lowest BCUT2D eigenvalue weighted by Gasteiger charge is -2.32. The normalized spacial score (nSPS) is 21.6. The minimum Gasteiger partial charge on any atom is -0.369 e. The van der Waals surface area contributed by atoms with Gasteiger partial charge in [-0.15, -0.1) is 0 Å². The third-order valence-electron chi connectivity index (χ3n) is 3.13. The zero-order valence-corrected chi connectivity index (χ0v) is 9.06. The minimum absolute atomic E-state index is 0.281. The van der Waals surface area contributed by atoms with Gasteiger partial charge in [-0.3, -0.25) is 5.10 Å². The number of anilines is 1. The van der Waals surface area contributed by atoms with E-state index in [0.717, 1.165) is 37.0 Å². The van der Waals surface area contributed by atoms with Crippen LogP contribution in [-0.4, -0.2) is 34.3 Å². The fourth-order valence-corrected chi connectivity index (χ4v) is 2.34. The van der Waals surface area contributed by atoms with Crippen molar-refractivity contribution in [1.29, 1.82) is 0 Å². The second kappa shape index (κ2) is 3.75. The summed E-state index contributed by atoms with van der Waals surface area (Å²) < 4.78 is 0. The van der Waals surface area contributed by atoms with Crippen LogP contribution in [0.25, 0.3) is 11.0 Å². The molecule has 5 heteroatoms. The number of rotatable bonds is 1. The predicted octanol–water partition coefficient (Wildman–Crippen LogP) is 0.885. The van der Waals surface area contributed by atoms with Gasteiger partial charge in [0.05, 0.1) is 17.3 Å². The Kier molecular flexibility index (Phi) is 2.25. The van der Waals surface area contributed by atoms with E-state index >= 15 is 0 Å². The molecular formula is C11H15N5. The van der Waals surface area contributed by atoms with E-state index in [-0.39, 0.29) is 6.04 Å². The lowest BCUT2D eigenvalue weighted by Crippen LogP contribution is -2.42. The van der Waals surface area contributed by atoms with E-state index in [1.807, 2.05) is 18.5 Å². The first-order valence-electron chi connectivity index (χ1n) is 5.63. The smallest absolute Gasteiger partial charge is 0.157 e. The Hall–Kier alpha value is -1.62. The molecule has 84 valence electrons. The van der Waals surface area contributed by atoms with Crippen molar-refractivity contribution in [2.45, 2.75) is 18.9 Å². The average Bonchev–Trinajstić information content (AvgIpc) is 2.76. The number of H-pyrrole nitrogens is 1. The van der Waals surface area contributed by atoms with Gasteiger partial charge in [-0.2, -0.15) is 5.10 Å². The average molecular weight is 217 g/mol. The van der Waals surface area contributed by atoms with Crippen molar-refractivity contribution >= 4 is 16.7 Å². The molecule has 2 aromatic heterocycles. The molecule has 1 fully saturated rings. The van der Waals surface area contributed by atoms with Gasteiger partial charge in [-0.25, -0.2) is 4.98 Å². The molecule has 0 radical (unpaired) electrons. The van der Waals surface area contributed by atoms with E-state index in [4.69, 9.17) is 5.73 Å². The molecule has 0 aliphatic carbocycles. The van der Waals surface area contributed by atoms with Crippen molar-refractivity contribution in [1.82, 2.24) is 15.2 Å². The van der Waals surface area contributed by atoms with E-state index in [1.165, 1.54) is 5.69 Å². The molecule has 0 unspecified atom stereocenters. The summed E-state index contributed by atoms with van der Waals surface area (Å²) in [6, 6.07) is 2.32. The third kappa shape index (κ3) is 1.53. The van der Waals surface area contributed by atoms with Crippen molar-refractivity contribution in [2.75, 3.05) is 18.0 Å². The van der Waals surface area contributed by atoms with Crippen LogP contribution in [0.5, 0.6) is 0 Å². The Labute approximate surface area is 93.6 Å². The monoisotopic (exact) mass is 217 g/mol. The maximum Gasteiger partial charge on any atom is 0.157 e. The van der Waals surface area contributed by atoms with Gasteiger partial charge >= 0.3 is 0 Å². The summed E-state index contributed by atoms with van der Waals surface area (Å²) in [5, 5.41) is 8.00. The molecule has 3 heterocycles. The molecule has 1 aliphatic heterocycles. The summed E-state index contributed by atoms with van der Waals surface area (Å²) in [5.41, 5.74) is 8.03. The van der Waals surface area contributed by atoms with Gasteiger partial charge in [-0.1, -0.05) is 0 Å². The van der Waals surface area contributed by atoms with E-state index in [9.17, 15) is 0 Å². The first-order chi connectivity index (χ1) is 7.84. The van der Waals surface area contributed by atoms with Crippen LogP contribution in [0, 0.1) is 0 Å². The molecular weight excluding hydrogens is 202 g/mol. The Morgan fingerprint density at radius 2 is 2.44 bits per heavy atom. The number of nitrogens with two attached hydrogens (primary N) is 1. The van der Waals surface area contributed by atoms with Crippen LogP contribution in [0.3, 0.4) is 0 Å². The fourth-order valence-electron chi connectivity index (χ4n) is 2.34. The van der Waals surface area contributed by atoms with Gasteiger partial charge in [0.15, 0.2) is 5.65 Å². The van der Waals surface area contributed by atoms with Gasteiger partial charge < -0.3 is 10.6 Å². The van der Waals surface area contributed by atoms with Crippen molar-refractivity contribution in [3.8, 4) is 0 Å². The van der Waals surface area contributed by atoms with Crippen molar-refractivity contribution < 1.29 is 0 Å². The van der Waals surface area contributed by atoms with E-state index in [2.05, 4.69) is 20.1 Å². The number of nitrogens with one attached hydrogen (secondary N) is 1. The highest BCUT2D eigenvalue weighted by molar-refractivity contribution is 5.88. The Bertz CT molecular complexity index is 492. The maximum atomic E-state index is 6.00. The molecule has 2 aromatic rings. The maximum absolute atomic E-state index is 6.00. The number of piperidine rings is 1. The zero-order valence-electron chi connectivity index (χ0n) is 9.06. The third-order valence-corrected chi connectivity index (χ3v) is 3.13. The second-order valence-electron chi connectivity index (χ2n) is 4.31. The molecule has 0 amide bonds. The largest absolute Gasteiger partial charge is 0.369 e. The number of nitrogens with zero attached hydrogens (tertiary/aromatic N) is 3. The fraction of sp³-hybridized carbons (Fsp3) is 0.455. The van der Waals surface area contributed by atoms with Crippen LogP contribution >= 0.6 is 0 Å². The Morgan fingerprint density at radius 3 is 3.31 bits per heavy atom. The Morgan fingerprint density at radius 1 is 1.50 bits per heavy atom. The molecule has 5 nitrogen and oxygen atoms in total. The van der Waals surface area contributed by atoms with E-state index in [0.29, 0.717) is 0 Å². The highest BCUT2D eigenvalue weighted by atomic mass is 15.2. The van der Waals surface area contributed by atoms with Crippen LogP contribution in [0.2, 0.25) is 0 Å². The molecule has 0 spiro atoms. The van der Waals surface area contributed by atoms with Gasteiger partial charge in [-0.05, 0) is 18.9 Å². The minimum atomic E-state index is 0.281. The summed E-state index contributed by atoms with van der Waals surface area (Å²) in [7, 11) is 0. The van der Waals surface area contributed by atoms with Crippen molar-refractivity contribution in [2.24, 2.45) is 5.73 Å². The Balaban J connectivity index is 2.01. The topological polar surface area (TPSA) is 70.8 Å². The summed E-state index contributed by atoms with van der Waals surface area (Å²) in [6.07, 6.45) is 5.92. The van der Waals surface area contributed by atoms with Gasteiger partial charge in [0, 0.05) is 25.3 Å². The first kappa shape index (κ1) is 9.59. The van der Waals surface area contributed by atoms with Crippen molar-refractivity contribution in [3.05, 3.63) is 18.5 Å². The number of aromatic amines is 1. The second-order valence-corrected chi connectivity index (χ2v) is 4.31. The number of fused-ring (bicyclic) bond motifs is 1.